The van der Waals surface area contributed by atoms with Gasteiger partial charge >= 0.3 is 12.1 Å². The van der Waals surface area contributed by atoms with Gasteiger partial charge < -0.3 is 35.4 Å². The molecular formula is C28H41N9O3. The highest BCUT2D eigenvalue weighted by Crippen LogP contribution is 2.30. The van der Waals surface area contributed by atoms with Gasteiger partial charge in [-0.2, -0.15) is 4.98 Å². The van der Waals surface area contributed by atoms with Crippen molar-refractivity contribution in [1.29, 1.82) is 0 Å². The van der Waals surface area contributed by atoms with Crippen molar-refractivity contribution < 1.29 is 14.3 Å². The Morgan fingerprint density at radius 3 is 2.52 bits per heavy atom. The maximum absolute atomic E-state index is 13.5. The van der Waals surface area contributed by atoms with E-state index in [0.29, 0.717) is 31.3 Å². The molecule has 12 nitrogen and oxygen atoms in total. The molecule has 2 saturated heterocycles. The lowest BCUT2D eigenvalue weighted by Crippen LogP contribution is -2.63. The van der Waals surface area contributed by atoms with E-state index in [2.05, 4.69) is 54.9 Å². The molecule has 3 aliphatic rings. The highest BCUT2D eigenvalue weighted by Gasteiger charge is 2.39. The first-order valence-electron chi connectivity index (χ1n) is 14.0. The van der Waals surface area contributed by atoms with Gasteiger partial charge in [0, 0.05) is 62.9 Å². The van der Waals surface area contributed by atoms with Crippen molar-refractivity contribution in [2.24, 2.45) is 0 Å². The summed E-state index contributed by atoms with van der Waals surface area (Å²) in [7, 11) is 3.88. The van der Waals surface area contributed by atoms with E-state index in [0.717, 1.165) is 44.0 Å². The second-order valence-corrected chi connectivity index (χ2v) is 11.8. The van der Waals surface area contributed by atoms with Gasteiger partial charge in [-0.25, -0.2) is 14.6 Å². The molecule has 0 unspecified atom stereocenters. The number of amides is 3. The third-order valence-electron chi connectivity index (χ3n) is 7.57. The summed E-state index contributed by atoms with van der Waals surface area (Å²) in [4.78, 5) is 43.4. The van der Waals surface area contributed by atoms with E-state index < -0.39 is 11.7 Å². The van der Waals surface area contributed by atoms with Crippen LogP contribution in [0.4, 0.5) is 32.7 Å². The number of rotatable bonds is 5. The highest BCUT2D eigenvalue weighted by atomic mass is 16.6. The van der Waals surface area contributed by atoms with Gasteiger partial charge in [0.25, 0.3) is 0 Å². The number of nitrogens with zero attached hydrogens (tertiary/aromatic N) is 6. The predicted octanol–water partition coefficient (Wildman–Crippen LogP) is 2.60. The summed E-state index contributed by atoms with van der Waals surface area (Å²) in [5, 5.41) is 9.55. The lowest BCUT2D eigenvalue weighted by molar-refractivity contribution is 0.0449. The molecule has 3 aliphatic heterocycles. The minimum Gasteiger partial charge on any atom is -0.444 e. The van der Waals surface area contributed by atoms with Crippen LogP contribution in [0.2, 0.25) is 0 Å². The van der Waals surface area contributed by atoms with Crippen LogP contribution in [-0.2, 0) is 11.3 Å². The van der Waals surface area contributed by atoms with Crippen LogP contribution in [0.15, 0.2) is 30.5 Å². The van der Waals surface area contributed by atoms with Crippen LogP contribution in [0.3, 0.4) is 0 Å². The average Bonchev–Trinajstić information content (AvgIpc) is 2.91. The standard InChI is InChI=1S/C28H41N9O3/c1-28(2,3)40-26(38)32-22-17-29-11-10-23(22)37-18-19-16-30-25(33-24(19)35(5)27(37)39)31-20-6-8-21(9-7-20)36-14-12-34(4)13-15-36/h6-9,16,22-23,29H,10-15,17-18H2,1-5H3,(H,32,38)(H,30,31,33)/t22-,23-/m0/s1. The molecule has 216 valence electrons. The Morgan fingerprint density at radius 1 is 1.10 bits per heavy atom. The summed E-state index contributed by atoms with van der Waals surface area (Å²) in [5.74, 6) is 1.02. The summed E-state index contributed by atoms with van der Waals surface area (Å²) in [6, 6.07) is 7.66. The molecule has 3 N–H and O–H groups in total. The van der Waals surface area contributed by atoms with Crippen molar-refractivity contribution in [2.45, 2.75) is 51.4 Å². The maximum Gasteiger partial charge on any atom is 0.407 e. The van der Waals surface area contributed by atoms with Crippen molar-refractivity contribution in [1.82, 2.24) is 30.4 Å². The fourth-order valence-electron chi connectivity index (χ4n) is 5.43. The molecule has 0 saturated carbocycles. The molecule has 3 amide bonds. The van der Waals surface area contributed by atoms with Crippen molar-refractivity contribution in [3.05, 3.63) is 36.0 Å². The van der Waals surface area contributed by atoms with Crippen LogP contribution in [-0.4, -0.2) is 103 Å². The number of carbonyl (C=O) groups is 2. The van der Waals surface area contributed by atoms with E-state index in [4.69, 9.17) is 4.74 Å². The number of anilines is 4. The molecule has 4 heterocycles. The number of alkyl carbamates (subject to hydrolysis) is 1. The number of ether oxygens (including phenoxy) is 1. The van der Waals surface area contributed by atoms with Gasteiger partial charge in [-0.05, 0) is 65.0 Å². The van der Waals surface area contributed by atoms with Gasteiger partial charge in [0.15, 0.2) is 0 Å². The monoisotopic (exact) mass is 551 g/mol. The van der Waals surface area contributed by atoms with E-state index in [1.807, 2.05) is 32.9 Å². The Hall–Kier alpha value is -3.64. The smallest absolute Gasteiger partial charge is 0.407 e. The molecule has 12 heteroatoms. The number of fused-ring (bicyclic) bond motifs is 1. The van der Waals surface area contributed by atoms with Crippen molar-refractivity contribution in [2.75, 3.05) is 68.5 Å². The minimum atomic E-state index is -0.600. The number of likely N-dealkylation sites (N-methyl/N-ethyl adjacent to an activating group) is 1. The van der Waals surface area contributed by atoms with Gasteiger partial charge in [-0.3, -0.25) is 4.90 Å². The predicted molar refractivity (Wildman–Crippen MR) is 155 cm³/mol. The zero-order chi connectivity index (χ0) is 28.4. The number of piperazine rings is 1. The molecule has 1 aromatic carbocycles. The molecule has 0 spiro atoms. The SMILES string of the molecule is CN1CCN(c2ccc(Nc3ncc4c(n3)N(C)C(=O)N([C@H]3CCNC[C@@H]3NC(=O)OC(C)(C)C)C4)cc2)CC1. The van der Waals surface area contributed by atoms with Gasteiger partial charge in [0.2, 0.25) is 5.95 Å². The maximum atomic E-state index is 13.5. The highest BCUT2D eigenvalue weighted by molar-refractivity contribution is 5.93. The summed E-state index contributed by atoms with van der Waals surface area (Å²) in [5.41, 5.74) is 2.34. The van der Waals surface area contributed by atoms with Crippen LogP contribution in [0.25, 0.3) is 0 Å². The molecular weight excluding hydrogens is 510 g/mol. The Bertz CT molecular complexity index is 1210. The normalized spacial score (nSPS) is 22.1. The zero-order valence-corrected chi connectivity index (χ0v) is 24.1. The van der Waals surface area contributed by atoms with Crippen molar-refractivity contribution in [3.63, 3.8) is 0 Å². The molecule has 2 atom stereocenters. The van der Waals surface area contributed by atoms with E-state index in [1.165, 1.54) is 5.69 Å². The summed E-state index contributed by atoms with van der Waals surface area (Å²) >= 11 is 0. The Kier molecular flexibility index (Phi) is 7.99. The molecule has 0 bridgehead atoms. The summed E-state index contributed by atoms with van der Waals surface area (Å²) < 4.78 is 5.46. The fourth-order valence-corrected chi connectivity index (χ4v) is 5.43. The number of aromatic nitrogens is 2. The van der Waals surface area contributed by atoms with E-state index in [1.54, 1.807) is 23.0 Å². The number of hydrogen-bond acceptors (Lipinski definition) is 9. The Morgan fingerprint density at radius 2 is 1.82 bits per heavy atom. The summed E-state index contributed by atoms with van der Waals surface area (Å²) in [6.45, 7) is 11.3. The Balaban J connectivity index is 1.26. The van der Waals surface area contributed by atoms with Crippen LogP contribution < -0.4 is 25.8 Å². The van der Waals surface area contributed by atoms with Crippen LogP contribution in [0, 0.1) is 0 Å². The van der Waals surface area contributed by atoms with Crippen molar-refractivity contribution in [3.8, 4) is 0 Å². The largest absolute Gasteiger partial charge is 0.444 e. The quantitative estimate of drug-likeness (QED) is 0.515. The average molecular weight is 552 g/mol. The van der Waals surface area contributed by atoms with Crippen molar-refractivity contribution >= 4 is 35.3 Å². The first kappa shape index (κ1) is 27.9. The van der Waals surface area contributed by atoms with E-state index in [-0.39, 0.29) is 18.1 Å². The number of urea groups is 1. The first-order chi connectivity index (χ1) is 19.1. The fraction of sp³-hybridized carbons (Fsp3) is 0.571. The van der Waals surface area contributed by atoms with Crippen LogP contribution in [0.5, 0.6) is 0 Å². The number of carbonyl (C=O) groups excluding carboxylic acids is 2. The number of piperidine rings is 1. The second kappa shape index (κ2) is 11.5. The molecule has 2 fully saturated rings. The van der Waals surface area contributed by atoms with Gasteiger partial charge in [0.1, 0.15) is 11.4 Å². The number of hydrogen-bond donors (Lipinski definition) is 3. The molecule has 40 heavy (non-hydrogen) atoms. The molecule has 1 aromatic heterocycles. The molecule has 2 aromatic rings. The topological polar surface area (TPSA) is 118 Å². The zero-order valence-electron chi connectivity index (χ0n) is 24.1. The van der Waals surface area contributed by atoms with E-state index >= 15 is 0 Å². The summed E-state index contributed by atoms with van der Waals surface area (Å²) in [6.07, 6.45) is 2.00. The third-order valence-corrected chi connectivity index (χ3v) is 7.57. The molecule has 0 radical (unpaired) electrons. The van der Waals surface area contributed by atoms with Gasteiger partial charge in [-0.1, -0.05) is 0 Å². The van der Waals surface area contributed by atoms with Crippen LogP contribution in [0.1, 0.15) is 32.8 Å². The lowest BCUT2D eigenvalue weighted by Gasteiger charge is -2.44. The van der Waals surface area contributed by atoms with Gasteiger partial charge in [-0.15, -0.1) is 0 Å². The second-order valence-electron chi connectivity index (χ2n) is 11.8. The molecule has 5 rings (SSSR count). The Labute approximate surface area is 236 Å². The number of nitrogens with one attached hydrogen (secondary N) is 3. The van der Waals surface area contributed by atoms with E-state index in [9.17, 15) is 9.59 Å². The minimum absolute atomic E-state index is 0.156. The number of benzene rings is 1. The van der Waals surface area contributed by atoms with Gasteiger partial charge in [0.05, 0.1) is 18.6 Å². The molecule has 0 aliphatic carbocycles. The third kappa shape index (κ3) is 6.39. The lowest BCUT2D eigenvalue weighted by atomic mass is 9.98. The van der Waals surface area contributed by atoms with Crippen LogP contribution >= 0.6 is 0 Å². The first-order valence-corrected chi connectivity index (χ1v) is 14.0.